The Kier molecular flexibility index (Phi) is 3.75. The summed E-state index contributed by atoms with van der Waals surface area (Å²) in [6, 6.07) is 4.16. The van der Waals surface area contributed by atoms with E-state index in [1.54, 1.807) is 6.07 Å². The van der Waals surface area contributed by atoms with Crippen LogP contribution in [0.4, 0.5) is 4.39 Å². The van der Waals surface area contributed by atoms with E-state index >= 15 is 0 Å². The molecule has 0 aromatic heterocycles. The maximum Gasteiger partial charge on any atom is 0.166 e. The Morgan fingerprint density at radius 2 is 2.22 bits per heavy atom. The fraction of sp³-hybridized carbons (Fsp3) is 0.429. The van der Waals surface area contributed by atoms with Gasteiger partial charge in [0.05, 0.1) is 7.11 Å². The van der Waals surface area contributed by atoms with Gasteiger partial charge < -0.3 is 4.74 Å². The maximum absolute atomic E-state index is 13.5. The van der Waals surface area contributed by atoms with E-state index in [0.717, 1.165) is 6.42 Å². The summed E-state index contributed by atoms with van der Waals surface area (Å²) in [5.41, 5.74) is 0.313. The van der Waals surface area contributed by atoms with Crippen LogP contribution in [0.2, 0.25) is 0 Å². The molecule has 96 valence electrons. The van der Waals surface area contributed by atoms with Gasteiger partial charge in [0.2, 0.25) is 0 Å². The first-order valence-electron chi connectivity index (χ1n) is 6.01. The van der Waals surface area contributed by atoms with Gasteiger partial charge in [0.25, 0.3) is 0 Å². The van der Waals surface area contributed by atoms with Crippen LogP contribution in [0, 0.1) is 11.7 Å². The lowest BCUT2D eigenvalue weighted by Crippen LogP contribution is -2.23. The number of carbonyl (C=O) groups excluding carboxylic acids is 2. The Hall–Kier alpha value is -1.71. The quantitative estimate of drug-likeness (QED) is 0.775. The van der Waals surface area contributed by atoms with Gasteiger partial charge >= 0.3 is 0 Å². The van der Waals surface area contributed by atoms with E-state index in [9.17, 15) is 14.0 Å². The van der Waals surface area contributed by atoms with Gasteiger partial charge in [0.1, 0.15) is 5.78 Å². The van der Waals surface area contributed by atoms with Crippen molar-refractivity contribution in [1.82, 2.24) is 0 Å². The Bertz CT molecular complexity index is 482. The summed E-state index contributed by atoms with van der Waals surface area (Å²) in [5.74, 6) is -0.756. The summed E-state index contributed by atoms with van der Waals surface area (Å²) < 4.78 is 18.3. The van der Waals surface area contributed by atoms with Crippen LogP contribution in [0.25, 0.3) is 0 Å². The lowest BCUT2D eigenvalue weighted by Gasteiger charge is -2.19. The average Bonchev–Trinajstić information content (AvgIpc) is 2.37. The third-order valence-corrected chi connectivity index (χ3v) is 3.29. The van der Waals surface area contributed by atoms with Gasteiger partial charge in [-0.3, -0.25) is 9.59 Å². The molecule has 18 heavy (non-hydrogen) atoms. The van der Waals surface area contributed by atoms with Gasteiger partial charge in [0.15, 0.2) is 17.3 Å². The minimum absolute atomic E-state index is 0.117. The average molecular weight is 250 g/mol. The molecule has 1 saturated carbocycles. The molecule has 1 aliphatic rings. The molecule has 1 aromatic rings. The van der Waals surface area contributed by atoms with E-state index < -0.39 is 5.82 Å². The molecule has 2 rings (SSSR count). The number of Topliss-reactive ketones (excluding diaryl/α,β-unsaturated/α-hetero) is 2. The molecule has 0 aliphatic heterocycles. The molecule has 0 N–H and O–H groups in total. The first-order chi connectivity index (χ1) is 8.61. The number of benzene rings is 1. The zero-order chi connectivity index (χ0) is 13.1. The Labute approximate surface area is 105 Å². The molecule has 0 spiro atoms. The smallest absolute Gasteiger partial charge is 0.166 e. The van der Waals surface area contributed by atoms with E-state index in [4.69, 9.17) is 4.74 Å². The van der Waals surface area contributed by atoms with E-state index in [1.807, 2.05) is 0 Å². The maximum atomic E-state index is 13.5. The van der Waals surface area contributed by atoms with Gasteiger partial charge in [0, 0.05) is 24.3 Å². The third-order valence-electron chi connectivity index (χ3n) is 3.29. The van der Waals surface area contributed by atoms with Crippen LogP contribution in [0.5, 0.6) is 5.75 Å². The van der Waals surface area contributed by atoms with Crippen molar-refractivity contribution in [1.29, 1.82) is 0 Å². The summed E-state index contributed by atoms with van der Waals surface area (Å²) in [7, 11) is 1.37. The van der Waals surface area contributed by atoms with Gasteiger partial charge in [-0.15, -0.1) is 0 Å². The summed E-state index contributed by atoms with van der Waals surface area (Å²) in [5, 5.41) is 0. The fourth-order valence-corrected chi connectivity index (χ4v) is 2.30. The first-order valence-corrected chi connectivity index (χ1v) is 6.01. The van der Waals surface area contributed by atoms with Crippen molar-refractivity contribution in [3.05, 3.63) is 29.6 Å². The highest BCUT2D eigenvalue weighted by molar-refractivity contribution is 6.00. The highest BCUT2D eigenvalue weighted by Gasteiger charge is 2.26. The number of ether oxygens (including phenoxy) is 1. The van der Waals surface area contributed by atoms with Crippen molar-refractivity contribution in [3.63, 3.8) is 0 Å². The predicted molar refractivity (Wildman–Crippen MR) is 64.2 cm³/mol. The number of methoxy groups -OCH3 is 1. The van der Waals surface area contributed by atoms with E-state index in [0.29, 0.717) is 18.4 Å². The van der Waals surface area contributed by atoms with Gasteiger partial charge in [-0.25, -0.2) is 4.39 Å². The van der Waals surface area contributed by atoms with Crippen molar-refractivity contribution in [2.24, 2.45) is 5.92 Å². The summed E-state index contributed by atoms with van der Waals surface area (Å²) in [4.78, 5) is 23.5. The van der Waals surface area contributed by atoms with Crippen molar-refractivity contribution in [3.8, 4) is 5.75 Å². The molecule has 0 radical (unpaired) electrons. The van der Waals surface area contributed by atoms with Crippen molar-refractivity contribution in [2.75, 3.05) is 7.11 Å². The molecule has 1 aliphatic carbocycles. The number of ketones is 2. The molecule has 0 saturated heterocycles. The molecule has 1 atom stereocenters. The molecule has 1 fully saturated rings. The van der Waals surface area contributed by atoms with Crippen molar-refractivity contribution in [2.45, 2.75) is 25.7 Å². The molecular weight excluding hydrogens is 235 g/mol. The van der Waals surface area contributed by atoms with Crippen molar-refractivity contribution >= 4 is 11.6 Å². The lowest BCUT2D eigenvalue weighted by atomic mass is 9.83. The lowest BCUT2D eigenvalue weighted by molar-refractivity contribution is -0.121. The number of carbonyl (C=O) groups is 2. The van der Waals surface area contributed by atoms with Crippen LogP contribution in [-0.4, -0.2) is 18.7 Å². The zero-order valence-electron chi connectivity index (χ0n) is 10.2. The molecule has 0 heterocycles. The number of rotatable bonds is 3. The van der Waals surface area contributed by atoms with Crippen LogP contribution >= 0.6 is 0 Å². The Morgan fingerprint density at radius 3 is 2.83 bits per heavy atom. The summed E-state index contributed by atoms with van der Waals surface area (Å²) in [6.45, 7) is 0. The Morgan fingerprint density at radius 1 is 1.44 bits per heavy atom. The van der Waals surface area contributed by atoms with Gasteiger partial charge in [-0.1, -0.05) is 0 Å². The molecule has 0 amide bonds. The second kappa shape index (κ2) is 5.29. The molecule has 0 bridgehead atoms. The minimum Gasteiger partial charge on any atom is -0.494 e. The van der Waals surface area contributed by atoms with Crippen LogP contribution in [0.15, 0.2) is 18.2 Å². The highest BCUT2D eigenvalue weighted by Crippen LogP contribution is 2.26. The number of hydrogen-bond donors (Lipinski definition) is 0. The molecular formula is C14H15FO3. The molecule has 1 unspecified atom stereocenters. The van der Waals surface area contributed by atoms with Crippen molar-refractivity contribution < 1.29 is 18.7 Å². The standard InChI is InChI=1S/C14H15FO3/c1-18-13-6-5-10(8-12(13)15)14(17)9-3-2-4-11(16)7-9/h5-6,8-9H,2-4,7H2,1H3. The van der Waals surface area contributed by atoms with E-state index in [-0.39, 0.29) is 29.7 Å². The minimum atomic E-state index is -0.550. The van der Waals surface area contributed by atoms with E-state index in [1.165, 1.54) is 19.2 Å². The van der Waals surface area contributed by atoms with Gasteiger partial charge in [-0.05, 0) is 31.0 Å². The zero-order valence-corrected chi connectivity index (χ0v) is 10.2. The second-order valence-corrected chi connectivity index (χ2v) is 4.55. The third kappa shape index (κ3) is 2.58. The first kappa shape index (κ1) is 12.7. The van der Waals surface area contributed by atoms with Gasteiger partial charge in [-0.2, -0.15) is 0 Å². The number of halogens is 1. The molecule has 1 aromatic carbocycles. The van der Waals surface area contributed by atoms with Crippen LogP contribution in [0.1, 0.15) is 36.0 Å². The predicted octanol–water partition coefficient (Wildman–Crippen LogP) is 2.78. The second-order valence-electron chi connectivity index (χ2n) is 4.55. The molecule has 3 nitrogen and oxygen atoms in total. The van der Waals surface area contributed by atoms with E-state index in [2.05, 4.69) is 0 Å². The molecule has 4 heteroatoms. The highest BCUT2D eigenvalue weighted by atomic mass is 19.1. The Balaban J connectivity index is 2.18. The topological polar surface area (TPSA) is 43.4 Å². The van der Waals surface area contributed by atoms with Crippen LogP contribution in [0.3, 0.4) is 0 Å². The number of hydrogen-bond acceptors (Lipinski definition) is 3. The largest absolute Gasteiger partial charge is 0.494 e. The normalized spacial score (nSPS) is 19.7. The summed E-state index contributed by atoms with van der Waals surface area (Å²) >= 11 is 0. The summed E-state index contributed by atoms with van der Waals surface area (Å²) in [6.07, 6.45) is 2.29. The fourth-order valence-electron chi connectivity index (χ4n) is 2.30. The monoisotopic (exact) mass is 250 g/mol. The van der Waals surface area contributed by atoms with Crippen LogP contribution < -0.4 is 4.74 Å². The van der Waals surface area contributed by atoms with Crippen LogP contribution in [-0.2, 0) is 4.79 Å². The SMILES string of the molecule is COc1ccc(C(=O)C2CCCC(=O)C2)cc1F.